The van der Waals surface area contributed by atoms with Crippen LogP contribution in [0, 0.1) is 13.8 Å². The summed E-state index contributed by atoms with van der Waals surface area (Å²) in [5.74, 6) is 0. The van der Waals surface area contributed by atoms with Crippen molar-refractivity contribution in [2.75, 3.05) is 4.90 Å². The number of anilines is 3. The summed E-state index contributed by atoms with van der Waals surface area (Å²) < 4.78 is 0. The van der Waals surface area contributed by atoms with E-state index in [2.05, 4.69) is 245 Å². The predicted molar refractivity (Wildman–Crippen MR) is 273 cm³/mol. The van der Waals surface area contributed by atoms with Crippen LogP contribution in [0.15, 0.2) is 212 Å². The van der Waals surface area contributed by atoms with Crippen molar-refractivity contribution in [3.05, 3.63) is 257 Å². The standard InChI is InChI=1S/C64H47N/c1-40-20-32-54-55-33-21-41(2)37-61(55)64(60(54)36-40)58-19-10-8-16-52(58)56-35-31-48(39-62(56)64)65(47-29-24-44(25-30-47)50-17-11-13-43-12-5-6-14-49(43)50)46-27-22-42(23-28-46)45-26-34-53-51-15-7-9-18-57(51)63(3,4)59(53)38-45/h5-39H,1-4H3. The minimum Gasteiger partial charge on any atom is -0.310 e. The average Bonchev–Trinajstić information content (AvgIpc) is 3.89. The Labute approximate surface area is 382 Å². The number of benzene rings is 10. The van der Waals surface area contributed by atoms with Gasteiger partial charge in [0, 0.05) is 22.5 Å². The Morgan fingerprint density at radius 3 is 1.46 bits per heavy atom. The zero-order valence-electron chi connectivity index (χ0n) is 37.2. The van der Waals surface area contributed by atoms with Gasteiger partial charge in [-0.3, -0.25) is 0 Å². The maximum atomic E-state index is 2.51. The van der Waals surface area contributed by atoms with E-state index in [0.29, 0.717) is 0 Å². The van der Waals surface area contributed by atoms with E-state index in [0.717, 1.165) is 17.1 Å². The Morgan fingerprint density at radius 1 is 0.308 bits per heavy atom. The van der Waals surface area contributed by atoms with Crippen LogP contribution in [0.3, 0.4) is 0 Å². The Balaban J connectivity index is 0.984. The van der Waals surface area contributed by atoms with E-state index in [1.54, 1.807) is 0 Å². The fourth-order valence-corrected chi connectivity index (χ4v) is 11.9. The van der Waals surface area contributed by atoms with E-state index >= 15 is 0 Å². The number of fused-ring (bicyclic) bond motifs is 14. The highest BCUT2D eigenvalue weighted by Gasteiger charge is 2.52. The third-order valence-electron chi connectivity index (χ3n) is 15.0. The van der Waals surface area contributed by atoms with Gasteiger partial charge in [0.05, 0.1) is 5.41 Å². The van der Waals surface area contributed by atoms with Gasteiger partial charge in [-0.2, -0.15) is 0 Å². The third kappa shape index (κ3) is 5.39. The Bertz CT molecular complexity index is 3530. The van der Waals surface area contributed by atoms with Gasteiger partial charge in [0.25, 0.3) is 0 Å². The Kier molecular flexibility index (Phi) is 8.07. The van der Waals surface area contributed by atoms with Crippen molar-refractivity contribution in [1.82, 2.24) is 0 Å². The molecule has 0 saturated carbocycles. The molecule has 0 N–H and O–H groups in total. The molecule has 0 bridgehead atoms. The second kappa shape index (κ2) is 13.9. The zero-order chi connectivity index (χ0) is 43.6. The monoisotopic (exact) mass is 829 g/mol. The second-order valence-electron chi connectivity index (χ2n) is 19.0. The molecular weight excluding hydrogens is 783 g/mol. The van der Waals surface area contributed by atoms with Crippen molar-refractivity contribution in [2.45, 2.75) is 38.5 Å². The second-order valence-corrected chi connectivity index (χ2v) is 19.0. The summed E-state index contributed by atoms with van der Waals surface area (Å²) in [6, 6.07) is 80.2. The fraction of sp³-hybridized carbons (Fsp3) is 0.0938. The lowest BCUT2D eigenvalue weighted by Crippen LogP contribution is -2.26. The molecule has 1 nitrogen and oxygen atoms in total. The lowest BCUT2D eigenvalue weighted by atomic mass is 9.70. The summed E-state index contributed by atoms with van der Waals surface area (Å²) in [4.78, 5) is 2.46. The van der Waals surface area contributed by atoms with Crippen molar-refractivity contribution in [3.63, 3.8) is 0 Å². The molecule has 65 heavy (non-hydrogen) atoms. The minimum absolute atomic E-state index is 0.0563. The molecule has 0 atom stereocenters. The van der Waals surface area contributed by atoms with Gasteiger partial charge in [0.2, 0.25) is 0 Å². The van der Waals surface area contributed by atoms with E-state index in [4.69, 9.17) is 0 Å². The van der Waals surface area contributed by atoms with Crippen LogP contribution < -0.4 is 4.90 Å². The number of rotatable bonds is 5. The van der Waals surface area contributed by atoms with Crippen LogP contribution in [0.2, 0.25) is 0 Å². The molecule has 1 spiro atoms. The minimum atomic E-state index is -0.445. The van der Waals surface area contributed by atoms with E-state index in [1.165, 1.54) is 111 Å². The summed E-state index contributed by atoms with van der Waals surface area (Å²) in [6.07, 6.45) is 0. The molecule has 308 valence electrons. The zero-order valence-corrected chi connectivity index (χ0v) is 37.2. The van der Waals surface area contributed by atoms with E-state index in [-0.39, 0.29) is 5.41 Å². The van der Waals surface area contributed by atoms with Crippen LogP contribution in [-0.4, -0.2) is 0 Å². The van der Waals surface area contributed by atoms with Crippen LogP contribution in [0.25, 0.3) is 66.4 Å². The van der Waals surface area contributed by atoms with Crippen LogP contribution in [-0.2, 0) is 10.8 Å². The average molecular weight is 830 g/mol. The Morgan fingerprint density at radius 2 is 0.769 bits per heavy atom. The van der Waals surface area contributed by atoms with E-state index in [1.807, 2.05) is 0 Å². The first-order valence-corrected chi connectivity index (χ1v) is 23.0. The summed E-state index contributed by atoms with van der Waals surface area (Å²) in [6.45, 7) is 9.18. The molecule has 0 radical (unpaired) electrons. The van der Waals surface area contributed by atoms with Gasteiger partial charge >= 0.3 is 0 Å². The van der Waals surface area contributed by atoms with Gasteiger partial charge in [-0.15, -0.1) is 0 Å². The first-order valence-electron chi connectivity index (χ1n) is 23.0. The first kappa shape index (κ1) is 37.8. The molecule has 0 aliphatic heterocycles. The molecular formula is C64H47N. The van der Waals surface area contributed by atoms with Crippen molar-refractivity contribution in [1.29, 1.82) is 0 Å². The largest absolute Gasteiger partial charge is 0.310 e. The summed E-state index contributed by atoms with van der Waals surface area (Å²) in [5.41, 5.74) is 26.5. The highest BCUT2D eigenvalue weighted by molar-refractivity contribution is 5.99. The highest BCUT2D eigenvalue weighted by Crippen LogP contribution is 2.63. The lowest BCUT2D eigenvalue weighted by Gasteiger charge is -2.32. The van der Waals surface area contributed by atoms with Gasteiger partial charge in [-0.25, -0.2) is 0 Å². The van der Waals surface area contributed by atoms with Crippen molar-refractivity contribution >= 4 is 27.8 Å². The molecule has 0 saturated heterocycles. The van der Waals surface area contributed by atoms with Crippen molar-refractivity contribution < 1.29 is 0 Å². The van der Waals surface area contributed by atoms with Crippen LogP contribution >= 0.6 is 0 Å². The summed E-state index contributed by atoms with van der Waals surface area (Å²) >= 11 is 0. The van der Waals surface area contributed by atoms with Crippen LogP contribution in [0.1, 0.15) is 58.4 Å². The van der Waals surface area contributed by atoms with Crippen LogP contribution in [0.5, 0.6) is 0 Å². The number of nitrogens with zero attached hydrogens (tertiary/aromatic N) is 1. The van der Waals surface area contributed by atoms with Gasteiger partial charge in [0.15, 0.2) is 0 Å². The molecule has 10 aromatic rings. The maximum Gasteiger partial charge on any atom is 0.0726 e. The molecule has 13 rings (SSSR count). The highest BCUT2D eigenvalue weighted by atomic mass is 15.1. The van der Waals surface area contributed by atoms with E-state index in [9.17, 15) is 0 Å². The first-order chi connectivity index (χ1) is 31.8. The van der Waals surface area contributed by atoms with Crippen LogP contribution in [0.4, 0.5) is 17.1 Å². The summed E-state index contributed by atoms with van der Waals surface area (Å²) in [7, 11) is 0. The third-order valence-corrected chi connectivity index (χ3v) is 15.0. The smallest absolute Gasteiger partial charge is 0.0726 e. The van der Waals surface area contributed by atoms with Crippen molar-refractivity contribution in [3.8, 4) is 55.6 Å². The van der Waals surface area contributed by atoms with Gasteiger partial charge in [-0.05, 0) is 156 Å². The normalized spacial score (nSPS) is 14.1. The van der Waals surface area contributed by atoms with Gasteiger partial charge in [0.1, 0.15) is 0 Å². The Hall–Kier alpha value is -7.74. The molecule has 0 heterocycles. The van der Waals surface area contributed by atoms with Crippen molar-refractivity contribution in [2.24, 2.45) is 0 Å². The molecule has 3 aliphatic carbocycles. The number of aryl methyl sites for hydroxylation is 2. The molecule has 1 heteroatoms. The molecule has 10 aromatic carbocycles. The summed E-state index contributed by atoms with van der Waals surface area (Å²) in [5, 5.41) is 2.51. The molecule has 0 fully saturated rings. The molecule has 0 unspecified atom stereocenters. The molecule has 0 aromatic heterocycles. The van der Waals surface area contributed by atoms with Gasteiger partial charge < -0.3 is 4.90 Å². The number of hydrogen-bond donors (Lipinski definition) is 0. The predicted octanol–water partition coefficient (Wildman–Crippen LogP) is 16.9. The topological polar surface area (TPSA) is 3.24 Å². The quantitative estimate of drug-likeness (QED) is 0.167. The number of hydrogen-bond acceptors (Lipinski definition) is 1. The molecule has 0 amide bonds. The SMILES string of the molecule is Cc1ccc2c(c1)C1(c3ccccc3-c3ccc(N(c4ccc(-c5ccc6c(c5)C(C)(C)c5ccccc5-6)cc4)c4ccc(-c5cccc6ccccc56)cc4)cc31)c1cc(C)ccc1-2. The lowest BCUT2D eigenvalue weighted by molar-refractivity contribution is 0.660. The fourth-order valence-electron chi connectivity index (χ4n) is 11.9. The van der Waals surface area contributed by atoms with E-state index < -0.39 is 5.41 Å². The molecule has 3 aliphatic rings. The van der Waals surface area contributed by atoms with Gasteiger partial charge in [-0.1, -0.05) is 195 Å². The maximum absolute atomic E-state index is 2.51.